The second kappa shape index (κ2) is 16.7. The molecule has 0 radical (unpaired) electrons. The van der Waals surface area contributed by atoms with Gasteiger partial charge in [-0.1, -0.05) is 86.6 Å². The van der Waals surface area contributed by atoms with Gasteiger partial charge >= 0.3 is 0 Å². The van der Waals surface area contributed by atoms with E-state index in [4.69, 9.17) is 5.73 Å². The van der Waals surface area contributed by atoms with E-state index in [2.05, 4.69) is 5.32 Å². The molecule has 50 heavy (non-hydrogen) atoms. The van der Waals surface area contributed by atoms with E-state index >= 15 is 0 Å². The Hall–Kier alpha value is -4.93. The topological polar surface area (TPSA) is 116 Å². The maximum atomic E-state index is 14.6. The van der Waals surface area contributed by atoms with Crippen LogP contribution >= 0.6 is 0 Å². The third-order valence-electron chi connectivity index (χ3n) is 8.92. The quantitative estimate of drug-likeness (QED) is 0.161. The third-order valence-corrected chi connectivity index (χ3v) is 8.92. The number of carbonyl (C=O) groups excluding carboxylic acids is 3. The summed E-state index contributed by atoms with van der Waals surface area (Å²) in [7, 11) is 3.01. The van der Waals surface area contributed by atoms with Crippen LogP contribution in [0.2, 0.25) is 0 Å². The van der Waals surface area contributed by atoms with Gasteiger partial charge in [0, 0.05) is 57.1 Å². The molecular formula is C40H46F2N4O4. The average Bonchev–Trinajstić information content (AvgIpc) is 3.12. The Labute approximate surface area is 292 Å². The highest BCUT2D eigenvalue weighted by atomic mass is 19.2. The minimum Gasteiger partial charge on any atom is -0.396 e. The number of nitrogens with zero attached hydrogens (tertiary/aromatic N) is 2. The molecule has 0 saturated carbocycles. The Morgan fingerprint density at radius 1 is 0.780 bits per heavy atom. The molecule has 10 heteroatoms. The normalized spacial score (nSPS) is 13.2. The Bertz CT molecular complexity index is 1780. The van der Waals surface area contributed by atoms with E-state index in [1.807, 2.05) is 67.6 Å². The van der Waals surface area contributed by atoms with Gasteiger partial charge in [0.15, 0.2) is 11.6 Å². The van der Waals surface area contributed by atoms with Gasteiger partial charge < -0.3 is 26.0 Å². The molecule has 1 unspecified atom stereocenters. The first kappa shape index (κ1) is 37.9. The second-order valence-corrected chi connectivity index (χ2v) is 13.6. The number of nitrogens with two attached hydrogens (primary N) is 1. The lowest BCUT2D eigenvalue weighted by atomic mass is 9.94. The largest absolute Gasteiger partial charge is 0.396 e. The van der Waals surface area contributed by atoms with Crippen molar-refractivity contribution in [3.05, 3.63) is 131 Å². The lowest BCUT2D eigenvalue weighted by Gasteiger charge is -2.35. The summed E-state index contributed by atoms with van der Waals surface area (Å²) < 4.78 is 28.0. The molecule has 4 aromatic rings. The Kier molecular flexibility index (Phi) is 12.6. The van der Waals surface area contributed by atoms with Crippen molar-refractivity contribution < 1.29 is 28.3 Å². The van der Waals surface area contributed by atoms with Gasteiger partial charge in [-0.2, -0.15) is 0 Å². The van der Waals surface area contributed by atoms with Crippen LogP contribution in [0.25, 0.3) is 11.1 Å². The van der Waals surface area contributed by atoms with Gasteiger partial charge in [-0.15, -0.1) is 0 Å². The van der Waals surface area contributed by atoms with Gasteiger partial charge in [0.05, 0.1) is 0 Å². The van der Waals surface area contributed by atoms with Crippen LogP contribution in [0.15, 0.2) is 97.1 Å². The van der Waals surface area contributed by atoms with Crippen molar-refractivity contribution >= 4 is 17.7 Å². The third kappa shape index (κ3) is 9.61. The molecule has 0 aliphatic heterocycles. The molecule has 8 nitrogen and oxygen atoms in total. The zero-order valence-electron chi connectivity index (χ0n) is 29.2. The molecule has 4 aromatic carbocycles. The van der Waals surface area contributed by atoms with E-state index in [0.717, 1.165) is 34.4 Å². The predicted octanol–water partition coefficient (Wildman–Crippen LogP) is 5.54. The first-order chi connectivity index (χ1) is 23.7. The monoisotopic (exact) mass is 684 g/mol. The van der Waals surface area contributed by atoms with Gasteiger partial charge in [-0.25, -0.2) is 8.78 Å². The van der Waals surface area contributed by atoms with Crippen LogP contribution in [0, 0.1) is 17.0 Å². The highest BCUT2D eigenvalue weighted by Crippen LogP contribution is 2.23. The summed E-state index contributed by atoms with van der Waals surface area (Å²) >= 11 is 0. The highest BCUT2D eigenvalue weighted by Gasteiger charge is 2.36. The van der Waals surface area contributed by atoms with E-state index in [1.54, 1.807) is 39.1 Å². The van der Waals surface area contributed by atoms with E-state index in [-0.39, 0.29) is 32.0 Å². The van der Waals surface area contributed by atoms with Gasteiger partial charge in [-0.05, 0) is 59.0 Å². The molecule has 0 aliphatic carbocycles. The van der Waals surface area contributed by atoms with Crippen molar-refractivity contribution in [2.45, 2.75) is 51.7 Å². The molecule has 4 N–H and O–H groups in total. The molecule has 0 fully saturated rings. The summed E-state index contributed by atoms with van der Waals surface area (Å²) in [6.07, 6.45) is 0.00192. The van der Waals surface area contributed by atoms with E-state index in [1.165, 1.54) is 22.9 Å². The summed E-state index contributed by atoms with van der Waals surface area (Å²) in [6, 6.07) is 25.3. The van der Waals surface area contributed by atoms with Crippen molar-refractivity contribution in [1.29, 1.82) is 0 Å². The van der Waals surface area contributed by atoms with E-state index < -0.39 is 46.9 Å². The number of halogens is 2. The van der Waals surface area contributed by atoms with Crippen molar-refractivity contribution in [2.75, 3.05) is 27.2 Å². The summed E-state index contributed by atoms with van der Waals surface area (Å²) in [6.45, 7) is 5.26. The van der Waals surface area contributed by atoms with Crippen molar-refractivity contribution in [3.8, 4) is 11.1 Å². The number of carbonyl (C=O) groups is 3. The number of rotatable bonds is 14. The molecule has 4 rings (SSSR count). The first-order valence-corrected chi connectivity index (χ1v) is 16.6. The summed E-state index contributed by atoms with van der Waals surface area (Å²) in [5.74, 6) is -3.59. The van der Waals surface area contributed by atoms with Gasteiger partial charge in [-0.3, -0.25) is 14.4 Å². The molecule has 0 aliphatic rings. The lowest BCUT2D eigenvalue weighted by molar-refractivity contribution is -0.142. The second-order valence-electron chi connectivity index (χ2n) is 13.6. The van der Waals surface area contributed by atoms with Gasteiger partial charge in [0.25, 0.3) is 5.91 Å². The number of likely N-dealkylation sites (N-methyl/N-ethyl adjacent to an activating group) is 2. The van der Waals surface area contributed by atoms with Crippen LogP contribution in [0.5, 0.6) is 0 Å². The SMILES string of the molecule is CC(N)c1cccc(C(=O)N(C)[C@H](Cc2ccc(-c3ccccc3)cc2)C(=O)N(C)[C@H](Cc2ccc(F)c(F)c2)C(=O)NCC(C)(C)CO)c1. The number of hydrogen-bond donors (Lipinski definition) is 3. The Morgan fingerprint density at radius 2 is 1.40 bits per heavy atom. The minimum absolute atomic E-state index is 0.101. The van der Waals surface area contributed by atoms with Crippen LogP contribution in [0.4, 0.5) is 8.78 Å². The predicted molar refractivity (Wildman–Crippen MR) is 191 cm³/mol. The van der Waals surface area contributed by atoms with Crippen LogP contribution in [0.3, 0.4) is 0 Å². The fraction of sp³-hybridized carbons (Fsp3) is 0.325. The summed E-state index contributed by atoms with van der Waals surface area (Å²) in [5, 5.41) is 12.6. The van der Waals surface area contributed by atoms with Gasteiger partial charge in [0.2, 0.25) is 11.8 Å². The van der Waals surface area contributed by atoms with Crippen molar-refractivity contribution in [1.82, 2.24) is 15.1 Å². The Balaban J connectivity index is 1.70. The van der Waals surface area contributed by atoms with Crippen LogP contribution < -0.4 is 11.1 Å². The molecule has 0 spiro atoms. The number of benzene rings is 4. The molecule has 0 saturated heterocycles. The molecule has 0 aromatic heterocycles. The molecule has 3 amide bonds. The molecule has 264 valence electrons. The molecular weight excluding hydrogens is 638 g/mol. The highest BCUT2D eigenvalue weighted by molar-refractivity contribution is 5.98. The molecule has 0 bridgehead atoms. The maximum Gasteiger partial charge on any atom is 0.254 e. The standard InChI is InChI=1S/C40H46F2N4O4/c1-26(43)31-12-9-13-32(23-31)38(49)46(5)36(21-27-14-17-30(18-15-27)29-10-7-6-8-11-29)39(50)45(4)35(37(48)44-24-40(2,3)25-47)22-28-16-19-33(41)34(42)20-28/h6-20,23,26,35-36,47H,21-22,24-25,43H2,1-5H3,(H,44,48)/t26?,35-,36-/m1/s1. The van der Waals surface area contributed by atoms with E-state index in [0.29, 0.717) is 11.1 Å². The minimum atomic E-state index is -1.16. The van der Waals surface area contributed by atoms with Gasteiger partial charge in [0.1, 0.15) is 12.1 Å². The summed E-state index contributed by atoms with van der Waals surface area (Å²) in [4.78, 5) is 44.9. The zero-order chi connectivity index (χ0) is 36.6. The summed E-state index contributed by atoms with van der Waals surface area (Å²) in [5.41, 5.74) is 9.65. The molecule has 3 atom stereocenters. The maximum absolute atomic E-state index is 14.6. The fourth-order valence-corrected chi connectivity index (χ4v) is 5.56. The Morgan fingerprint density at radius 3 is 2.02 bits per heavy atom. The number of hydrogen-bond acceptors (Lipinski definition) is 5. The van der Waals surface area contributed by atoms with Crippen LogP contribution in [0.1, 0.15) is 53.9 Å². The van der Waals surface area contributed by atoms with Crippen molar-refractivity contribution in [3.63, 3.8) is 0 Å². The van der Waals surface area contributed by atoms with Crippen LogP contribution in [-0.4, -0.2) is 72.0 Å². The van der Waals surface area contributed by atoms with E-state index in [9.17, 15) is 28.3 Å². The molecule has 0 heterocycles. The fourth-order valence-electron chi connectivity index (χ4n) is 5.56. The average molecular weight is 685 g/mol. The zero-order valence-corrected chi connectivity index (χ0v) is 29.2. The smallest absolute Gasteiger partial charge is 0.254 e. The lowest BCUT2D eigenvalue weighted by Crippen LogP contribution is -2.56. The van der Waals surface area contributed by atoms with Crippen molar-refractivity contribution in [2.24, 2.45) is 11.1 Å². The number of aliphatic hydroxyl groups excluding tert-OH is 1. The first-order valence-electron chi connectivity index (χ1n) is 16.6. The number of amides is 3. The number of aliphatic hydroxyl groups is 1. The van der Waals surface area contributed by atoms with Crippen LogP contribution in [-0.2, 0) is 22.4 Å². The number of nitrogens with one attached hydrogen (secondary N) is 1.